The fraction of sp³-hybridized carbons (Fsp3) is 0.375. The minimum atomic E-state index is -3.46. The smallest absolute Gasteiger partial charge is 0.243 e. The van der Waals surface area contributed by atoms with Crippen molar-refractivity contribution in [2.45, 2.75) is 44.0 Å². The van der Waals surface area contributed by atoms with Crippen LogP contribution in [0.5, 0.6) is 0 Å². The monoisotopic (exact) mass is 421 g/mol. The number of para-hydroxylation sites is 1. The Morgan fingerprint density at radius 2 is 1.73 bits per heavy atom. The van der Waals surface area contributed by atoms with Crippen molar-refractivity contribution in [1.29, 1.82) is 0 Å². The number of aromatic nitrogens is 1. The molecule has 5 rings (SSSR count). The van der Waals surface area contributed by atoms with Crippen LogP contribution in [0.15, 0.2) is 59.5 Å². The first-order valence-corrected chi connectivity index (χ1v) is 12.2. The van der Waals surface area contributed by atoms with E-state index in [1.54, 1.807) is 16.4 Å². The second-order valence-electron chi connectivity index (χ2n) is 8.66. The minimum Gasteiger partial charge on any atom is -0.323 e. The van der Waals surface area contributed by atoms with Gasteiger partial charge in [-0.3, -0.25) is 0 Å². The maximum atomic E-state index is 13.1. The van der Waals surface area contributed by atoms with Crippen molar-refractivity contribution in [3.05, 3.63) is 60.2 Å². The Hall–Kier alpha value is -2.44. The predicted molar refractivity (Wildman–Crippen MR) is 121 cm³/mol. The van der Waals surface area contributed by atoms with Crippen LogP contribution in [0.4, 0.5) is 11.5 Å². The topological polar surface area (TPSA) is 53.5 Å². The Labute approximate surface area is 178 Å². The summed E-state index contributed by atoms with van der Waals surface area (Å²) < 4.78 is 27.8. The standard InChI is InChI=1S/C24H27N3O2S/c1-17-11-13-26(14-12-17)30(28,29)21-8-9-22-19(16-21)7-10-24(25-22)27-18(2)15-20-5-3-4-6-23(20)27/h3-10,16-18H,11-15H2,1-2H3/t18-/m1/s1. The molecule has 0 amide bonds. The summed E-state index contributed by atoms with van der Waals surface area (Å²) in [7, 11) is -3.46. The molecule has 0 unspecified atom stereocenters. The van der Waals surface area contributed by atoms with Gasteiger partial charge in [-0.25, -0.2) is 13.4 Å². The van der Waals surface area contributed by atoms with E-state index in [2.05, 4.69) is 43.0 Å². The number of nitrogens with zero attached hydrogens (tertiary/aromatic N) is 3. The first kappa shape index (κ1) is 19.5. The number of hydrogen-bond donors (Lipinski definition) is 0. The van der Waals surface area contributed by atoms with Gasteiger partial charge in [0.15, 0.2) is 0 Å². The molecule has 1 fully saturated rings. The van der Waals surface area contributed by atoms with E-state index >= 15 is 0 Å². The number of fused-ring (bicyclic) bond motifs is 2. The zero-order valence-electron chi connectivity index (χ0n) is 17.5. The van der Waals surface area contributed by atoms with Crippen molar-refractivity contribution in [1.82, 2.24) is 9.29 Å². The molecule has 30 heavy (non-hydrogen) atoms. The molecule has 5 nitrogen and oxygen atoms in total. The summed E-state index contributed by atoms with van der Waals surface area (Å²) in [6.07, 6.45) is 2.85. The van der Waals surface area contributed by atoms with E-state index in [9.17, 15) is 8.42 Å². The van der Waals surface area contributed by atoms with Crippen LogP contribution in [0.3, 0.4) is 0 Å². The number of pyridine rings is 1. The summed E-state index contributed by atoms with van der Waals surface area (Å²) in [5.41, 5.74) is 3.36. The molecule has 0 saturated carbocycles. The predicted octanol–water partition coefficient (Wildman–Crippen LogP) is 4.74. The maximum Gasteiger partial charge on any atom is 0.243 e. The molecule has 1 aromatic heterocycles. The van der Waals surface area contributed by atoms with Crippen LogP contribution in [0.1, 0.15) is 32.3 Å². The highest BCUT2D eigenvalue weighted by molar-refractivity contribution is 7.89. The highest BCUT2D eigenvalue weighted by Crippen LogP contribution is 2.38. The number of sulfonamides is 1. The van der Waals surface area contributed by atoms with E-state index in [4.69, 9.17) is 4.98 Å². The Balaban J connectivity index is 1.48. The van der Waals surface area contributed by atoms with E-state index < -0.39 is 10.0 Å². The van der Waals surface area contributed by atoms with Gasteiger partial charge >= 0.3 is 0 Å². The third-order valence-corrected chi connectivity index (χ3v) is 8.38. The van der Waals surface area contributed by atoms with Gasteiger partial charge in [0.25, 0.3) is 0 Å². The average Bonchev–Trinajstić information content (AvgIpc) is 3.09. The summed E-state index contributed by atoms with van der Waals surface area (Å²) in [6.45, 7) is 5.60. The van der Waals surface area contributed by atoms with E-state index in [-0.39, 0.29) is 0 Å². The summed E-state index contributed by atoms with van der Waals surface area (Å²) in [4.78, 5) is 7.50. The third-order valence-electron chi connectivity index (χ3n) is 6.48. The lowest BCUT2D eigenvalue weighted by molar-refractivity contribution is 0.288. The summed E-state index contributed by atoms with van der Waals surface area (Å²) in [6, 6.07) is 18.1. The van der Waals surface area contributed by atoms with Crippen LogP contribution in [0, 0.1) is 5.92 Å². The van der Waals surface area contributed by atoms with Crippen LogP contribution in [0.25, 0.3) is 10.9 Å². The number of hydrogen-bond acceptors (Lipinski definition) is 4. The third kappa shape index (κ3) is 3.28. The van der Waals surface area contributed by atoms with Gasteiger partial charge in [0, 0.05) is 30.2 Å². The van der Waals surface area contributed by atoms with Crippen LogP contribution in [-0.4, -0.2) is 36.8 Å². The Morgan fingerprint density at radius 3 is 2.53 bits per heavy atom. The van der Waals surface area contributed by atoms with Crippen molar-refractivity contribution in [3.63, 3.8) is 0 Å². The molecule has 1 saturated heterocycles. The molecule has 0 bridgehead atoms. The van der Waals surface area contributed by atoms with Crippen molar-refractivity contribution in [2.24, 2.45) is 5.92 Å². The molecule has 0 radical (unpaired) electrons. The molecule has 6 heteroatoms. The number of anilines is 2. The quantitative estimate of drug-likeness (QED) is 0.613. The molecule has 3 heterocycles. The number of benzene rings is 2. The highest BCUT2D eigenvalue weighted by atomic mass is 32.2. The fourth-order valence-corrected chi connectivity index (χ4v) is 6.18. The Kier molecular flexibility index (Phi) is 4.79. The number of rotatable bonds is 3. The maximum absolute atomic E-state index is 13.1. The van der Waals surface area contributed by atoms with Gasteiger partial charge in [0.05, 0.1) is 10.4 Å². The van der Waals surface area contributed by atoms with E-state index in [1.165, 1.54) is 11.3 Å². The van der Waals surface area contributed by atoms with Gasteiger partial charge in [-0.2, -0.15) is 4.31 Å². The first-order chi connectivity index (χ1) is 14.4. The number of piperidine rings is 1. The Morgan fingerprint density at radius 1 is 0.967 bits per heavy atom. The van der Waals surface area contributed by atoms with Crippen LogP contribution >= 0.6 is 0 Å². The van der Waals surface area contributed by atoms with Crippen LogP contribution in [0.2, 0.25) is 0 Å². The highest BCUT2D eigenvalue weighted by Gasteiger charge is 2.29. The zero-order chi connectivity index (χ0) is 20.9. The molecule has 2 aliphatic heterocycles. The van der Waals surface area contributed by atoms with Crippen molar-refractivity contribution in [2.75, 3.05) is 18.0 Å². The van der Waals surface area contributed by atoms with Gasteiger partial charge in [0.1, 0.15) is 5.82 Å². The second-order valence-corrected chi connectivity index (χ2v) is 10.6. The average molecular weight is 422 g/mol. The largest absolute Gasteiger partial charge is 0.323 e. The van der Waals surface area contributed by atoms with Gasteiger partial charge in [-0.05, 0) is 74.1 Å². The molecular formula is C24H27N3O2S. The molecule has 2 aromatic carbocycles. The second kappa shape index (κ2) is 7.36. The van der Waals surface area contributed by atoms with Crippen molar-refractivity contribution >= 4 is 32.4 Å². The summed E-state index contributed by atoms with van der Waals surface area (Å²) >= 11 is 0. The lowest BCUT2D eigenvalue weighted by Gasteiger charge is -2.29. The normalized spacial score (nSPS) is 20.6. The van der Waals surface area contributed by atoms with E-state index in [0.717, 1.165) is 36.0 Å². The summed E-state index contributed by atoms with van der Waals surface area (Å²) in [5, 5.41) is 0.852. The van der Waals surface area contributed by atoms with E-state index in [1.807, 2.05) is 18.2 Å². The van der Waals surface area contributed by atoms with Gasteiger partial charge < -0.3 is 4.90 Å². The lowest BCUT2D eigenvalue weighted by Crippen LogP contribution is -2.37. The Bertz CT molecular complexity index is 1200. The van der Waals surface area contributed by atoms with Crippen molar-refractivity contribution in [3.8, 4) is 0 Å². The molecule has 0 aliphatic carbocycles. The molecule has 3 aromatic rings. The zero-order valence-corrected chi connectivity index (χ0v) is 18.3. The van der Waals surface area contributed by atoms with Crippen molar-refractivity contribution < 1.29 is 8.42 Å². The minimum absolute atomic E-state index is 0.341. The van der Waals surface area contributed by atoms with E-state index in [0.29, 0.717) is 29.9 Å². The van der Waals surface area contributed by atoms with Gasteiger partial charge in [-0.1, -0.05) is 25.1 Å². The van der Waals surface area contributed by atoms with Gasteiger partial charge in [0.2, 0.25) is 10.0 Å². The molecule has 0 N–H and O–H groups in total. The summed E-state index contributed by atoms with van der Waals surface area (Å²) in [5.74, 6) is 1.49. The SMILES string of the molecule is CC1CCN(S(=O)(=O)c2ccc3nc(N4c5ccccc5C[C@H]4C)ccc3c2)CC1. The van der Waals surface area contributed by atoms with Crippen LogP contribution in [-0.2, 0) is 16.4 Å². The molecular weight excluding hydrogens is 394 g/mol. The van der Waals surface area contributed by atoms with Gasteiger partial charge in [-0.15, -0.1) is 0 Å². The molecule has 0 spiro atoms. The molecule has 156 valence electrons. The molecule has 2 aliphatic rings. The fourth-order valence-electron chi connectivity index (χ4n) is 4.68. The molecule has 1 atom stereocenters. The lowest BCUT2D eigenvalue weighted by atomic mass is 10.0. The first-order valence-electron chi connectivity index (χ1n) is 10.7. The van der Waals surface area contributed by atoms with Crippen LogP contribution < -0.4 is 4.90 Å².